The number of fused-ring (bicyclic) bond motifs is 1. The molecule has 0 bridgehead atoms. The Morgan fingerprint density at radius 3 is 2.58 bits per heavy atom. The Kier molecular flexibility index (Phi) is 5.76. The molecule has 0 spiro atoms. The van der Waals surface area contributed by atoms with Crippen LogP contribution in [0.2, 0.25) is 5.02 Å². The van der Waals surface area contributed by atoms with Gasteiger partial charge in [-0.15, -0.1) is 11.3 Å². The van der Waals surface area contributed by atoms with Crippen molar-refractivity contribution in [1.29, 1.82) is 0 Å². The molecule has 3 aromatic carbocycles. The number of carbonyl (C=O) groups is 1. The molecule has 0 aliphatic carbocycles. The first-order valence-electron chi connectivity index (χ1n) is 9.87. The lowest BCUT2D eigenvalue weighted by Crippen LogP contribution is -2.28. The monoisotopic (exact) mass is 463 g/mol. The molecule has 1 aromatic heterocycles. The van der Waals surface area contributed by atoms with Gasteiger partial charge in [-0.05, 0) is 29.3 Å². The van der Waals surface area contributed by atoms with Crippen LogP contribution in [-0.2, 0) is 4.79 Å². The van der Waals surface area contributed by atoms with E-state index >= 15 is 0 Å². The molecular weight excluding hydrogens is 446 g/mol. The number of rotatable bonds is 5. The van der Waals surface area contributed by atoms with Crippen molar-refractivity contribution in [3.8, 4) is 0 Å². The molecule has 0 saturated heterocycles. The van der Waals surface area contributed by atoms with E-state index in [0.29, 0.717) is 11.4 Å². The largest absolute Gasteiger partial charge is 0.272 e. The molecule has 0 radical (unpaired) electrons. The van der Waals surface area contributed by atoms with Crippen LogP contribution in [0.1, 0.15) is 23.6 Å². The van der Waals surface area contributed by atoms with Crippen molar-refractivity contribution in [2.24, 2.45) is 5.10 Å². The Balaban J connectivity index is 1.40. The maximum absolute atomic E-state index is 13.2. The van der Waals surface area contributed by atoms with E-state index in [-0.39, 0.29) is 17.7 Å². The quantitative estimate of drug-likeness (QED) is 0.321. The summed E-state index contributed by atoms with van der Waals surface area (Å²) in [5, 5.41) is 6.97. The Hall–Kier alpha value is -2.67. The average Bonchev–Trinajstić information content (AvgIpc) is 3.43. The minimum atomic E-state index is -0.215. The van der Waals surface area contributed by atoms with Crippen LogP contribution in [0.5, 0.6) is 0 Å². The highest BCUT2D eigenvalue weighted by molar-refractivity contribution is 8.01. The number of para-hydroxylation sites is 1. The molecule has 1 atom stereocenters. The Bertz CT molecular complexity index is 1240. The van der Waals surface area contributed by atoms with Gasteiger partial charge in [0, 0.05) is 11.4 Å². The van der Waals surface area contributed by atoms with Gasteiger partial charge in [-0.1, -0.05) is 84.0 Å². The van der Waals surface area contributed by atoms with E-state index in [4.69, 9.17) is 16.7 Å². The summed E-state index contributed by atoms with van der Waals surface area (Å²) < 4.78 is 2.01. The van der Waals surface area contributed by atoms with Gasteiger partial charge in [0.25, 0.3) is 5.91 Å². The van der Waals surface area contributed by atoms with Gasteiger partial charge >= 0.3 is 0 Å². The van der Waals surface area contributed by atoms with Gasteiger partial charge in [-0.25, -0.2) is 9.99 Å². The second kappa shape index (κ2) is 8.83. The Labute approximate surface area is 193 Å². The maximum atomic E-state index is 13.2. The van der Waals surface area contributed by atoms with E-state index in [1.54, 1.807) is 16.3 Å². The molecule has 1 aliphatic rings. The van der Waals surface area contributed by atoms with E-state index in [1.807, 2.05) is 78.9 Å². The van der Waals surface area contributed by atoms with Gasteiger partial charge in [-0.3, -0.25) is 4.79 Å². The molecule has 4 aromatic rings. The van der Waals surface area contributed by atoms with E-state index in [0.717, 1.165) is 31.4 Å². The van der Waals surface area contributed by atoms with Gasteiger partial charge in [0.15, 0.2) is 4.34 Å². The summed E-state index contributed by atoms with van der Waals surface area (Å²) in [4.78, 5) is 17.9. The second-order valence-corrected chi connectivity index (χ2v) is 9.79. The predicted molar refractivity (Wildman–Crippen MR) is 129 cm³/mol. The first kappa shape index (κ1) is 20.2. The van der Waals surface area contributed by atoms with Gasteiger partial charge < -0.3 is 0 Å². The molecule has 0 saturated carbocycles. The van der Waals surface area contributed by atoms with Crippen molar-refractivity contribution in [1.82, 2.24) is 9.99 Å². The third kappa shape index (κ3) is 4.24. The van der Waals surface area contributed by atoms with Crippen LogP contribution in [-0.4, -0.2) is 27.4 Å². The van der Waals surface area contributed by atoms with Gasteiger partial charge in [-0.2, -0.15) is 5.10 Å². The highest BCUT2D eigenvalue weighted by Gasteiger charge is 2.34. The zero-order chi connectivity index (χ0) is 21.2. The SMILES string of the molecule is O=C(CSc1nc2ccccc2s1)N1N=C(c2ccccc2)CC1c1ccccc1Cl. The lowest BCUT2D eigenvalue weighted by atomic mass is 9.98. The molecule has 1 unspecified atom stereocenters. The fourth-order valence-electron chi connectivity index (χ4n) is 3.64. The Morgan fingerprint density at radius 2 is 1.77 bits per heavy atom. The highest BCUT2D eigenvalue weighted by atomic mass is 35.5. The van der Waals surface area contributed by atoms with Crippen molar-refractivity contribution in [2.75, 3.05) is 5.75 Å². The summed E-state index contributed by atoms with van der Waals surface area (Å²) in [5.74, 6) is 0.215. The number of hydrogen-bond donors (Lipinski definition) is 0. The van der Waals surface area contributed by atoms with Crippen LogP contribution < -0.4 is 0 Å². The second-order valence-electron chi connectivity index (χ2n) is 7.13. The fourth-order valence-corrected chi connectivity index (χ4v) is 5.82. The van der Waals surface area contributed by atoms with Crippen LogP contribution in [0.4, 0.5) is 0 Å². The van der Waals surface area contributed by atoms with Gasteiger partial charge in [0.1, 0.15) is 0 Å². The number of halogens is 1. The third-order valence-corrected chi connectivity index (χ3v) is 7.64. The molecule has 1 amide bonds. The molecule has 7 heteroatoms. The topological polar surface area (TPSA) is 45.6 Å². The number of aromatic nitrogens is 1. The zero-order valence-corrected chi connectivity index (χ0v) is 18.8. The standard InChI is InChI=1S/C24H18ClN3OS2/c25-18-11-5-4-10-17(18)21-14-20(16-8-2-1-3-9-16)27-28(21)23(29)15-30-24-26-19-12-6-7-13-22(19)31-24/h1-13,21H,14-15H2. The molecule has 4 nitrogen and oxygen atoms in total. The van der Waals surface area contributed by atoms with Crippen molar-refractivity contribution < 1.29 is 4.79 Å². The number of nitrogens with zero attached hydrogens (tertiary/aromatic N) is 3. The van der Waals surface area contributed by atoms with Crippen molar-refractivity contribution in [3.63, 3.8) is 0 Å². The number of thiazole rings is 1. The van der Waals surface area contributed by atoms with E-state index < -0.39 is 0 Å². The van der Waals surface area contributed by atoms with E-state index in [9.17, 15) is 4.79 Å². The lowest BCUT2D eigenvalue weighted by molar-refractivity contribution is -0.130. The number of hydrogen-bond acceptors (Lipinski definition) is 5. The predicted octanol–water partition coefficient (Wildman–Crippen LogP) is 6.42. The van der Waals surface area contributed by atoms with Gasteiger partial charge in [0.2, 0.25) is 0 Å². The zero-order valence-electron chi connectivity index (χ0n) is 16.4. The maximum Gasteiger partial charge on any atom is 0.253 e. The summed E-state index contributed by atoms with van der Waals surface area (Å²) in [5.41, 5.74) is 3.79. The number of benzene rings is 3. The lowest BCUT2D eigenvalue weighted by Gasteiger charge is -2.22. The molecule has 2 heterocycles. The fraction of sp³-hybridized carbons (Fsp3) is 0.125. The normalized spacial score (nSPS) is 16.0. The number of hydrazone groups is 1. The molecule has 1 aliphatic heterocycles. The van der Waals surface area contributed by atoms with Gasteiger partial charge in [0.05, 0.1) is 27.7 Å². The molecule has 154 valence electrons. The van der Waals surface area contributed by atoms with Crippen LogP contribution in [0.15, 0.2) is 88.3 Å². The van der Waals surface area contributed by atoms with Crippen LogP contribution >= 0.6 is 34.7 Å². The first-order valence-corrected chi connectivity index (χ1v) is 12.0. The number of carbonyl (C=O) groups excluding carboxylic acids is 1. The molecule has 5 rings (SSSR count). The third-order valence-electron chi connectivity index (χ3n) is 5.13. The van der Waals surface area contributed by atoms with Crippen LogP contribution in [0.25, 0.3) is 10.2 Å². The van der Waals surface area contributed by atoms with E-state index in [1.165, 1.54) is 11.8 Å². The van der Waals surface area contributed by atoms with Crippen LogP contribution in [0.3, 0.4) is 0 Å². The molecule has 0 fully saturated rings. The molecule has 0 N–H and O–H groups in total. The summed E-state index contributed by atoms with van der Waals surface area (Å²) in [6.07, 6.45) is 0.630. The number of thioether (sulfide) groups is 1. The summed E-state index contributed by atoms with van der Waals surface area (Å²) >= 11 is 9.54. The first-order chi connectivity index (χ1) is 15.2. The molecule has 31 heavy (non-hydrogen) atoms. The smallest absolute Gasteiger partial charge is 0.253 e. The Morgan fingerprint density at radius 1 is 1.03 bits per heavy atom. The molecular formula is C24H18ClN3OS2. The summed E-state index contributed by atoms with van der Waals surface area (Å²) in [6.45, 7) is 0. The van der Waals surface area contributed by atoms with E-state index in [2.05, 4.69) is 4.98 Å². The van der Waals surface area contributed by atoms with Crippen molar-refractivity contribution in [3.05, 3.63) is 95.0 Å². The highest BCUT2D eigenvalue weighted by Crippen LogP contribution is 2.37. The van der Waals surface area contributed by atoms with Crippen molar-refractivity contribution in [2.45, 2.75) is 16.8 Å². The average molecular weight is 464 g/mol. The summed E-state index contributed by atoms with van der Waals surface area (Å²) in [6, 6.07) is 25.4. The van der Waals surface area contributed by atoms with Crippen LogP contribution in [0, 0.1) is 0 Å². The van der Waals surface area contributed by atoms with Crippen molar-refractivity contribution >= 4 is 56.5 Å². The minimum absolute atomic E-state index is 0.0555. The number of amides is 1. The minimum Gasteiger partial charge on any atom is -0.272 e. The summed E-state index contributed by atoms with van der Waals surface area (Å²) in [7, 11) is 0.